The molecule has 0 saturated carbocycles. The van der Waals surface area contributed by atoms with Gasteiger partial charge in [-0.3, -0.25) is 4.79 Å². The minimum Gasteiger partial charge on any atom is -0.490 e. The smallest absolute Gasteiger partial charge is 0.256 e. The van der Waals surface area contributed by atoms with Gasteiger partial charge in [0.25, 0.3) is 5.91 Å². The minimum absolute atomic E-state index is 0.104. The maximum Gasteiger partial charge on any atom is 0.256 e. The van der Waals surface area contributed by atoms with Crippen molar-refractivity contribution in [3.63, 3.8) is 0 Å². The van der Waals surface area contributed by atoms with Gasteiger partial charge in [-0.1, -0.05) is 20.8 Å². The second-order valence-corrected chi connectivity index (χ2v) is 6.66. The van der Waals surface area contributed by atoms with Crippen molar-refractivity contribution in [3.8, 4) is 5.75 Å². The number of rotatable bonds is 9. The van der Waals surface area contributed by atoms with Gasteiger partial charge in [0.05, 0.1) is 6.10 Å². The van der Waals surface area contributed by atoms with E-state index in [-0.39, 0.29) is 12.0 Å². The van der Waals surface area contributed by atoms with Crippen LogP contribution in [0.4, 0.5) is 5.69 Å². The molecule has 0 radical (unpaired) electrons. The molecule has 0 aliphatic heterocycles. The summed E-state index contributed by atoms with van der Waals surface area (Å²) < 4.78 is 11.8. The fourth-order valence-corrected chi connectivity index (χ4v) is 2.41. The molecule has 0 aliphatic rings. The van der Waals surface area contributed by atoms with E-state index in [1.165, 1.54) is 0 Å². The zero-order valence-corrected chi connectivity index (χ0v) is 16.3. The molecule has 1 amide bonds. The van der Waals surface area contributed by atoms with E-state index >= 15 is 0 Å². The molecule has 4 nitrogen and oxygen atoms in total. The third-order valence-electron chi connectivity index (χ3n) is 4.39. The predicted octanol–water partition coefficient (Wildman–Crippen LogP) is 5.01. The van der Waals surface area contributed by atoms with Crippen molar-refractivity contribution in [1.29, 1.82) is 0 Å². The van der Waals surface area contributed by atoms with Crippen molar-refractivity contribution in [2.45, 2.75) is 79.4 Å². The van der Waals surface area contributed by atoms with E-state index in [1.54, 1.807) is 0 Å². The summed E-state index contributed by atoms with van der Waals surface area (Å²) in [5.74, 6) is 0.802. The number of aryl methyl sites for hydroxylation is 2. The summed E-state index contributed by atoms with van der Waals surface area (Å²) in [7, 11) is 0. The van der Waals surface area contributed by atoms with Crippen molar-refractivity contribution in [3.05, 3.63) is 23.3 Å². The van der Waals surface area contributed by atoms with Gasteiger partial charge in [-0.25, -0.2) is 0 Å². The van der Waals surface area contributed by atoms with Crippen molar-refractivity contribution in [2.24, 2.45) is 0 Å². The Kier molecular flexibility index (Phi) is 7.74. The Morgan fingerprint density at radius 3 is 2.25 bits per heavy atom. The highest BCUT2D eigenvalue weighted by Crippen LogP contribution is 2.29. The number of ether oxygens (including phenoxy) is 2. The average molecular weight is 335 g/mol. The van der Waals surface area contributed by atoms with Gasteiger partial charge >= 0.3 is 0 Å². The molecule has 0 unspecified atom stereocenters. The Bertz CT molecular complexity index is 533. The van der Waals surface area contributed by atoms with Gasteiger partial charge in [-0.05, 0) is 70.2 Å². The molecule has 2 atom stereocenters. The minimum atomic E-state index is -0.802. The number of hydrogen-bond acceptors (Lipinski definition) is 3. The number of benzene rings is 1. The summed E-state index contributed by atoms with van der Waals surface area (Å²) in [6.07, 6.45) is 2.66. The summed E-state index contributed by atoms with van der Waals surface area (Å²) in [4.78, 5) is 12.6. The zero-order chi connectivity index (χ0) is 18.3. The van der Waals surface area contributed by atoms with Crippen LogP contribution in [0.2, 0.25) is 0 Å². The lowest BCUT2D eigenvalue weighted by Crippen LogP contribution is -2.42. The van der Waals surface area contributed by atoms with E-state index < -0.39 is 5.60 Å². The van der Waals surface area contributed by atoms with E-state index in [9.17, 15) is 4.79 Å². The Hall–Kier alpha value is -1.55. The lowest BCUT2D eigenvalue weighted by atomic mass is 10.0. The van der Waals surface area contributed by atoms with Crippen LogP contribution in [0.3, 0.4) is 0 Å². The van der Waals surface area contributed by atoms with Gasteiger partial charge in [-0.15, -0.1) is 0 Å². The highest BCUT2D eigenvalue weighted by atomic mass is 16.5. The van der Waals surface area contributed by atoms with Crippen LogP contribution in [0.15, 0.2) is 12.1 Å². The molecule has 0 saturated heterocycles. The van der Waals surface area contributed by atoms with E-state index in [0.717, 1.165) is 35.4 Å². The second-order valence-electron chi connectivity index (χ2n) is 6.66. The molecule has 1 rings (SSSR count). The van der Waals surface area contributed by atoms with Crippen LogP contribution in [0.25, 0.3) is 0 Å². The molecule has 0 fully saturated rings. The van der Waals surface area contributed by atoms with Crippen molar-refractivity contribution >= 4 is 11.6 Å². The normalized spacial score (nSPS) is 14.8. The number of hydrogen-bond donors (Lipinski definition) is 1. The Labute approximate surface area is 146 Å². The largest absolute Gasteiger partial charge is 0.490 e. The summed E-state index contributed by atoms with van der Waals surface area (Å²) in [5, 5.41) is 3.00. The Morgan fingerprint density at radius 1 is 1.21 bits per heavy atom. The fourth-order valence-electron chi connectivity index (χ4n) is 2.41. The molecule has 1 aromatic carbocycles. The quantitative estimate of drug-likeness (QED) is 0.689. The van der Waals surface area contributed by atoms with Crippen molar-refractivity contribution in [1.82, 2.24) is 0 Å². The van der Waals surface area contributed by atoms with Crippen molar-refractivity contribution < 1.29 is 14.3 Å². The third kappa shape index (κ3) is 5.23. The van der Waals surface area contributed by atoms with Gasteiger partial charge < -0.3 is 14.8 Å². The van der Waals surface area contributed by atoms with Gasteiger partial charge in [0.15, 0.2) is 0 Å². The molecule has 0 heterocycles. The van der Waals surface area contributed by atoms with Crippen LogP contribution in [-0.2, 0) is 9.53 Å². The number of carbonyl (C=O) groups is 1. The molecule has 0 bridgehead atoms. The van der Waals surface area contributed by atoms with Crippen molar-refractivity contribution in [2.75, 3.05) is 11.9 Å². The molecule has 0 aromatic heterocycles. The first-order valence-corrected chi connectivity index (χ1v) is 9.00. The molecule has 136 valence electrons. The number of anilines is 1. The Balaban J connectivity index is 2.94. The van der Waals surface area contributed by atoms with Crippen LogP contribution < -0.4 is 10.1 Å². The summed E-state index contributed by atoms with van der Waals surface area (Å²) in [6.45, 7) is 14.6. The number of carbonyl (C=O) groups excluding carboxylic acids is 1. The summed E-state index contributed by atoms with van der Waals surface area (Å²) >= 11 is 0. The highest BCUT2D eigenvalue weighted by Gasteiger charge is 2.32. The molecule has 1 N–H and O–H groups in total. The van der Waals surface area contributed by atoms with Gasteiger partial charge in [0.1, 0.15) is 11.4 Å². The molecular formula is C20H33NO3. The third-order valence-corrected chi connectivity index (χ3v) is 4.39. The first-order valence-electron chi connectivity index (χ1n) is 9.00. The molecule has 0 spiro atoms. The lowest BCUT2D eigenvalue weighted by Gasteiger charge is -2.27. The monoisotopic (exact) mass is 335 g/mol. The van der Waals surface area contributed by atoms with Crippen LogP contribution in [0.5, 0.6) is 5.75 Å². The SMILES string of the molecule is CCCO[C@@](C)(CC)C(=O)Nc1cc(C)c(O[C@@H](C)CC)c(C)c1. The van der Waals surface area contributed by atoms with E-state index in [2.05, 4.69) is 19.2 Å². The fraction of sp³-hybridized carbons (Fsp3) is 0.650. The topological polar surface area (TPSA) is 47.6 Å². The van der Waals surface area contributed by atoms with Gasteiger partial charge in [0.2, 0.25) is 0 Å². The Morgan fingerprint density at radius 2 is 1.79 bits per heavy atom. The van der Waals surface area contributed by atoms with E-state index in [0.29, 0.717) is 13.0 Å². The molecule has 0 aliphatic carbocycles. The molecule has 1 aromatic rings. The zero-order valence-electron chi connectivity index (χ0n) is 16.3. The average Bonchev–Trinajstić information content (AvgIpc) is 2.55. The van der Waals surface area contributed by atoms with E-state index in [1.807, 2.05) is 46.8 Å². The van der Waals surface area contributed by atoms with Gasteiger partial charge in [0, 0.05) is 12.3 Å². The van der Waals surface area contributed by atoms with Gasteiger partial charge in [-0.2, -0.15) is 0 Å². The maximum atomic E-state index is 12.6. The predicted molar refractivity (Wildman–Crippen MR) is 99.9 cm³/mol. The second kappa shape index (κ2) is 9.07. The molecule has 4 heteroatoms. The molecular weight excluding hydrogens is 302 g/mol. The number of nitrogens with one attached hydrogen (secondary N) is 1. The lowest BCUT2D eigenvalue weighted by molar-refractivity contribution is -0.139. The summed E-state index contributed by atoms with van der Waals surface area (Å²) in [5.41, 5.74) is 2.03. The van der Waals surface area contributed by atoms with Crippen LogP contribution in [0.1, 0.15) is 65.0 Å². The maximum absolute atomic E-state index is 12.6. The molecule has 24 heavy (non-hydrogen) atoms. The van der Waals surface area contributed by atoms with Crippen LogP contribution >= 0.6 is 0 Å². The first kappa shape index (κ1) is 20.5. The first-order chi connectivity index (χ1) is 11.3. The summed E-state index contributed by atoms with van der Waals surface area (Å²) in [6, 6.07) is 3.91. The number of amides is 1. The van der Waals surface area contributed by atoms with Crippen LogP contribution in [0, 0.1) is 13.8 Å². The highest BCUT2D eigenvalue weighted by molar-refractivity contribution is 5.97. The van der Waals surface area contributed by atoms with E-state index in [4.69, 9.17) is 9.47 Å². The van der Waals surface area contributed by atoms with Crippen LogP contribution in [-0.4, -0.2) is 24.2 Å². The standard InChI is InChI=1S/C20H33NO3/c1-8-11-23-20(7,10-3)19(22)21-17-12-14(4)18(15(5)13-17)24-16(6)9-2/h12-13,16H,8-11H2,1-7H3,(H,21,22)/t16-,20-/m0/s1.